The Morgan fingerprint density at radius 2 is 1.83 bits per heavy atom. The molecule has 1 aliphatic heterocycles. The van der Waals surface area contributed by atoms with Gasteiger partial charge in [-0.25, -0.2) is 28.5 Å². The van der Waals surface area contributed by atoms with Gasteiger partial charge in [-0.3, -0.25) is 0 Å². The van der Waals surface area contributed by atoms with Crippen LogP contribution in [0.2, 0.25) is 28.4 Å². The fourth-order valence-electron chi connectivity index (χ4n) is 4.59. The Hall–Kier alpha value is -3.00. The van der Waals surface area contributed by atoms with Crippen LogP contribution in [0.1, 0.15) is 34.6 Å². The number of rotatable bonds is 7. The molecular formula is C27H35Cl2FN6O5Si. The van der Waals surface area contributed by atoms with Crippen molar-refractivity contribution < 1.29 is 23.5 Å². The number of anilines is 1. The van der Waals surface area contributed by atoms with Crippen molar-refractivity contribution in [3.8, 4) is 11.4 Å². The maximum atomic E-state index is 14.8. The SMILES string of the molecule is C[C@@H]1CN(c2nc(=O)n(-c3c(OCCO[Si](C)(C)C(C)(C)C)ccnc3Cl)c3nc(Cl)c(F)cc23)[C@@H](C)CN1C(=O)O. The van der Waals surface area contributed by atoms with E-state index in [1.165, 1.54) is 11.1 Å². The first-order chi connectivity index (χ1) is 19.5. The smallest absolute Gasteiger partial charge is 0.407 e. The first-order valence-electron chi connectivity index (χ1n) is 13.5. The van der Waals surface area contributed by atoms with Crippen molar-refractivity contribution in [2.24, 2.45) is 0 Å². The molecule has 228 valence electrons. The monoisotopic (exact) mass is 640 g/mol. The van der Waals surface area contributed by atoms with Crippen molar-refractivity contribution in [2.75, 3.05) is 31.2 Å². The number of fused-ring (bicyclic) bond motifs is 1. The highest BCUT2D eigenvalue weighted by atomic mass is 35.5. The first kappa shape index (κ1) is 31.9. The summed E-state index contributed by atoms with van der Waals surface area (Å²) in [5.74, 6) is -0.422. The zero-order valence-corrected chi connectivity index (χ0v) is 27.1. The van der Waals surface area contributed by atoms with Crippen LogP contribution in [0.15, 0.2) is 23.1 Å². The topological polar surface area (TPSA) is 123 Å². The van der Waals surface area contributed by atoms with Crippen LogP contribution in [0.25, 0.3) is 16.7 Å². The molecule has 4 heterocycles. The number of carboxylic acid groups (broad SMARTS) is 1. The summed E-state index contributed by atoms with van der Waals surface area (Å²) in [5, 5.41) is 9.26. The summed E-state index contributed by atoms with van der Waals surface area (Å²) in [6.45, 7) is 15.1. The number of piperazine rings is 1. The van der Waals surface area contributed by atoms with E-state index in [-0.39, 0.29) is 64.2 Å². The van der Waals surface area contributed by atoms with Crippen molar-refractivity contribution in [2.45, 2.75) is 64.8 Å². The number of ether oxygens (including phenoxy) is 1. The molecule has 0 aromatic carbocycles. The molecule has 3 aromatic heterocycles. The minimum atomic E-state index is -2.02. The fourth-order valence-corrected chi connectivity index (χ4v) is 5.98. The van der Waals surface area contributed by atoms with Crippen molar-refractivity contribution in [3.05, 3.63) is 44.9 Å². The van der Waals surface area contributed by atoms with Gasteiger partial charge in [0.2, 0.25) is 0 Å². The van der Waals surface area contributed by atoms with Gasteiger partial charge >= 0.3 is 11.8 Å². The van der Waals surface area contributed by atoms with E-state index >= 15 is 0 Å². The summed E-state index contributed by atoms with van der Waals surface area (Å²) in [6.07, 6.45) is 0.394. The quantitative estimate of drug-likeness (QED) is 0.200. The van der Waals surface area contributed by atoms with E-state index in [1.807, 2.05) is 0 Å². The Bertz CT molecular complexity index is 1570. The van der Waals surface area contributed by atoms with Gasteiger partial charge in [0.05, 0.1) is 12.0 Å². The molecule has 4 rings (SSSR count). The Morgan fingerprint density at radius 1 is 1.14 bits per heavy atom. The molecule has 42 heavy (non-hydrogen) atoms. The summed E-state index contributed by atoms with van der Waals surface area (Å²) in [5.41, 5.74) is -0.701. The standard InChI is InChI=1S/C27H35Cl2FN6O5Si/c1-15-14-35(26(38)39)16(2)13-34(15)23-17-12-18(30)21(28)32-24(17)36(25(37)33-23)20-19(8-9-31-22(20)29)40-10-11-41-42(6,7)27(3,4)5/h8-9,12,15-16H,10-11,13-14H2,1-7H3,(H,38,39)/t15-,16+/m0/s1. The van der Waals surface area contributed by atoms with Crippen LogP contribution in [-0.4, -0.2) is 82.3 Å². The van der Waals surface area contributed by atoms with Gasteiger partial charge in [0.1, 0.15) is 23.9 Å². The lowest BCUT2D eigenvalue weighted by molar-refractivity contribution is 0.114. The average molecular weight is 642 g/mol. The minimum absolute atomic E-state index is 0.00538. The number of amides is 1. The van der Waals surface area contributed by atoms with Crippen LogP contribution in [0, 0.1) is 5.82 Å². The predicted octanol–water partition coefficient (Wildman–Crippen LogP) is 5.60. The number of hydrogen-bond donors (Lipinski definition) is 1. The molecule has 1 fully saturated rings. The third-order valence-electron chi connectivity index (χ3n) is 7.94. The Labute approximate surface area is 254 Å². The maximum absolute atomic E-state index is 14.8. The molecule has 1 N–H and O–H groups in total. The number of halogens is 3. The van der Waals surface area contributed by atoms with Crippen LogP contribution in [0.4, 0.5) is 15.0 Å². The van der Waals surface area contributed by atoms with Gasteiger partial charge in [-0.1, -0.05) is 44.0 Å². The van der Waals surface area contributed by atoms with Crippen LogP contribution >= 0.6 is 23.2 Å². The lowest BCUT2D eigenvalue weighted by Gasteiger charge is -2.43. The zero-order valence-electron chi connectivity index (χ0n) is 24.6. The molecular weight excluding hydrogens is 606 g/mol. The molecule has 0 spiro atoms. The molecule has 2 atom stereocenters. The van der Waals surface area contributed by atoms with Gasteiger partial charge in [-0.05, 0) is 38.0 Å². The van der Waals surface area contributed by atoms with Gasteiger partial charge < -0.3 is 24.1 Å². The highest BCUT2D eigenvalue weighted by molar-refractivity contribution is 6.74. The van der Waals surface area contributed by atoms with E-state index in [9.17, 15) is 19.1 Å². The molecule has 11 nitrogen and oxygen atoms in total. The molecule has 0 saturated carbocycles. The number of aromatic nitrogens is 4. The lowest BCUT2D eigenvalue weighted by Crippen LogP contribution is -2.58. The molecule has 15 heteroatoms. The van der Waals surface area contributed by atoms with Crippen molar-refractivity contribution in [1.29, 1.82) is 0 Å². The summed E-state index contributed by atoms with van der Waals surface area (Å²) >= 11 is 12.6. The molecule has 0 aliphatic carbocycles. The fraction of sp³-hybridized carbons (Fsp3) is 0.519. The number of carbonyl (C=O) groups is 1. The summed E-state index contributed by atoms with van der Waals surface area (Å²) in [4.78, 5) is 41.1. The van der Waals surface area contributed by atoms with Crippen LogP contribution in [0.5, 0.6) is 5.75 Å². The molecule has 0 radical (unpaired) electrons. The van der Waals surface area contributed by atoms with Crippen LogP contribution < -0.4 is 15.3 Å². The van der Waals surface area contributed by atoms with Crippen LogP contribution in [-0.2, 0) is 4.43 Å². The molecule has 3 aromatic rings. The van der Waals surface area contributed by atoms with Gasteiger partial charge in [0.25, 0.3) is 0 Å². The summed E-state index contributed by atoms with van der Waals surface area (Å²) < 4.78 is 28.2. The first-order valence-corrected chi connectivity index (χ1v) is 17.2. The van der Waals surface area contributed by atoms with E-state index < -0.39 is 37.1 Å². The van der Waals surface area contributed by atoms with E-state index in [4.69, 9.17) is 32.4 Å². The third kappa shape index (κ3) is 6.19. The average Bonchev–Trinajstić information content (AvgIpc) is 2.88. The second kappa shape index (κ2) is 11.9. The number of nitrogens with zero attached hydrogens (tertiary/aromatic N) is 6. The number of pyridine rings is 2. The third-order valence-corrected chi connectivity index (χ3v) is 13.0. The van der Waals surface area contributed by atoms with Crippen molar-refractivity contribution in [3.63, 3.8) is 0 Å². The predicted molar refractivity (Wildman–Crippen MR) is 163 cm³/mol. The minimum Gasteiger partial charge on any atom is -0.489 e. The molecule has 0 bridgehead atoms. The maximum Gasteiger partial charge on any atom is 0.407 e. The largest absolute Gasteiger partial charge is 0.489 e. The Balaban J connectivity index is 1.79. The van der Waals surface area contributed by atoms with Gasteiger partial charge in [-0.2, -0.15) is 4.98 Å². The van der Waals surface area contributed by atoms with Gasteiger partial charge in [0.15, 0.2) is 30.1 Å². The van der Waals surface area contributed by atoms with Crippen molar-refractivity contribution >= 4 is 54.5 Å². The highest BCUT2D eigenvalue weighted by Crippen LogP contribution is 2.37. The van der Waals surface area contributed by atoms with E-state index in [1.54, 1.807) is 24.8 Å². The Kier molecular flexibility index (Phi) is 9.08. The van der Waals surface area contributed by atoms with E-state index in [0.29, 0.717) is 6.61 Å². The van der Waals surface area contributed by atoms with E-state index in [0.717, 1.165) is 10.6 Å². The van der Waals surface area contributed by atoms with E-state index in [2.05, 4.69) is 48.8 Å². The molecule has 1 aliphatic rings. The van der Waals surface area contributed by atoms with Crippen molar-refractivity contribution in [1.82, 2.24) is 24.4 Å². The second-order valence-corrected chi connectivity index (χ2v) is 17.4. The van der Waals surface area contributed by atoms with Gasteiger partial charge in [-0.15, -0.1) is 0 Å². The zero-order chi connectivity index (χ0) is 31.1. The summed E-state index contributed by atoms with van der Waals surface area (Å²) in [7, 11) is -2.02. The highest BCUT2D eigenvalue weighted by Gasteiger charge is 2.37. The normalized spacial score (nSPS) is 18.0. The van der Waals surface area contributed by atoms with Crippen LogP contribution in [0.3, 0.4) is 0 Å². The molecule has 0 unspecified atom stereocenters. The number of hydrogen-bond acceptors (Lipinski definition) is 8. The van der Waals surface area contributed by atoms with Gasteiger partial charge in [0, 0.05) is 37.4 Å². The molecule has 1 amide bonds. The summed E-state index contributed by atoms with van der Waals surface area (Å²) in [6, 6.07) is 1.93. The Morgan fingerprint density at radius 3 is 2.48 bits per heavy atom. The second-order valence-electron chi connectivity index (χ2n) is 11.9. The molecule has 1 saturated heterocycles. The lowest BCUT2D eigenvalue weighted by atomic mass is 10.1.